The number of carbonyl (C=O) groups is 1. The molecule has 7 heteroatoms. The summed E-state index contributed by atoms with van der Waals surface area (Å²) in [6.45, 7) is 0.0288. The minimum Gasteiger partial charge on any atom is -0.401 e. The molecule has 2 rings (SSSR count). The number of furan rings is 1. The molecule has 2 N–H and O–H groups in total. The van der Waals surface area contributed by atoms with Crippen LogP contribution in [0.1, 0.15) is 21.7 Å². The number of aliphatic hydroxyl groups is 1. The van der Waals surface area contributed by atoms with E-state index >= 15 is 0 Å². The molecule has 0 radical (unpaired) electrons. The van der Waals surface area contributed by atoms with Crippen LogP contribution >= 0.6 is 0 Å². The second-order valence-electron chi connectivity index (χ2n) is 4.33. The van der Waals surface area contributed by atoms with E-state index < -0.39 is 4.92 Å². The van der Waals surface area contributed by atoms with Crippen molar-refractivity contribution in [2.45, 2.75) is 0 Å². The molecule has 1 amide bonds. The Morgan fingerprint density at radius 3 is 2.73 bits per heavy atom. The molecule has 1 heterocycles. The maximum absolute atomic E-state index is 12.0. The molecule has 1 aromatic heterocycles. The molecule has 0 fully saturated rings. The number of hydrogen-bond acceptors (Lipinski definition) is 5. The Balaban J connectivity index is 2.19. The van der Waals surface area contributed by atoms with Gasteiger partial charge in [-0.1, -0.05) is 24.3 Å². The van der Waals surface area contributed by atoms with Gasteiger partial charge in [-0.05, 0) is 23.8 Å². The van der Waals surface area contributed by atoms with Crippen LogP contribution < -0.4 is 5.32 Å². The van der Waals surface area contributed by atoms with Crippen LogP contribution in [0, 0.1) is 10.1 Å². The van der Waals surface area contributed by atoms with Crippen LogP contribution in [0.15, 0.2) is 40.8 Å². The van der Waals surface area contributed by atoms with E-state index in [9.17, 15) is 14.9 Å². The third-order valence-electron chi connectivity index (χ3n) is 2.82. The molecule has 0 aliphatic rings. The number of rotatable bonds is 6. The number of aliphatic hydroxyl groups excluding tert-OH is 1. The van der Waals surface area contributed by atoms with Gasteiger partial charge in [0.25, 0.3) is 5.91 Å². The summed E-state index contributed by atoms with van der Waals surface area (Å²) in [6, 6.07) is 9.62. The van der Waals surface area contributed by atoms with Crippen molar-refractivity contribution >= 4 is 23.9 Å². The highest BCUT2D eigenvalue weighted by Gasteiger charge is 2.11. The zero-order valence-electron chi connectivity index (χ0n) is 11.6. The number of carbonyl (C=O) groups excluding carboxylic acids is 1. The molecule has 0 saturated heterocycles. The van der Waals surface area contributed by atoms with Crippen molar-refractivity contribution in [3.8, 4) is 0 Å². The molecule has 0 bridgehead atoms. The van der Waals surface area contributed by atoms with Gasteiger partial charge >= 0.3 is 5.88 Å². The average molecular weight is 302 g/mol. The van der Waals surface area contributed by atoms with Crippen molar-refractivity contribution in [1.82, 2.24) is 5.32 Å². The summed E-state index contributed by atoms with van der Waals surface area (Å²) in [4.78, 5) is 21.9. The summed E-state index contributed by atoms with van der Waals surface area (Å²) in [5, 5.41) is 21.9. The molecule has 0 spiro atoms. The minimum atomic E-state index is -0.617. The van der Waals surface area contributed by atoms with E-state index in [1.54, 1.807) is 36.4 Å². The second-order valence-corrected chi connectivity index (χ2v) is 4.33. The standard InChI is InChI=1S/C15H14N2O5/c18-10-9-16-15(19)13-4-2-1-3-11(13)5-6-12-7-8-14(22-12)17(20)21/h1-8,18H,9-10H2,(H,16,19)/b6-5+. The van der Waals surface area contributed by atoms with Crippen molar-refractivity contribution in [2.24, 2.45) is 0 Å². The minimum absolute atomic E-state index is 0.139. The Hall–Kier alpha value is -2.93. The molecule has 7 nitrogen and oxygen atoms in total. The molecule has 0 atom stereocenters. The highest BCUT2D eigenvalue weighted by atomic mass is 16.6. The highest BCUT2D eigenvalue weighted by molar-refractivity contribution is 5.98. The molecule has 114 valence electrons. The monoisotopic (exact) mass is 302 g/mol. The summed E-state index contributed by atoms with van der Waals surface area (Å²) >= 11 is 0. The lowest BCUT2D eigenvalue weighted by Gasteiger charge is -2.06. The van der Waals surface area contributed by atoms with Crippen molar-refractivity contribution < 1.29 is 19.2 Å². The molecule has 1 aromatic carbocycles. The van der Waals surface area contributed by atoms with Gasteiger partial charge in [-0.3, -0.25) is 14.9 Å². The largest absolute Gasteiger partial charge is 0.433 e. The van der Waals surface area contributed by atoms with Crippen LogP contribution in [0.2, 0.25) is 0 Å². The highest BCUT2D eigenvalue weighted by Crippen LogP contribution is 2.19. The molecule has 0 unspecified atom stereocenters. The number of nitrogens with zero attached hydrogens (tertiary/aromatic N) is 1. The van der Waals surface area contributed by atoms with E-state index in [1.807, 2.05) is 0 Å². The third kappa shape index (κ3) is 3.80. The number of amides is 1. The fourth-order valence-corrected chi connectivity index (χ4v) is 1.82. The van der Waals surface area contributed by atoms with Gasteiger partial charge in [0, 0.05) is 12.1 Å². The van der Waals surface area contributed by atoms with Crippen molar-refractivity contribution in [1.29, 1.82) is 0 Å². The molecular formula is C15H14N2O5. The third-order valence-corrected chi connectivity index (χ3v) is 2.82. The van der Waals surface area contributed by atoms with Crippen molar-refractivity contribution in [3.05, 3.63) is 63.4 Å². The van der Waals surface area contributed by atoms with Crippen LogP contribution in [-0.2, 0) is 0 Å². The lowest BCUT2D eigenvalue weighted by molar-refractivity contribution is -0.402. The van der Waals surface area contributed by atoms with E-state index in [0.717, 1.165) is 0 Å². The van der Waals surface area contributed by atoms with Gasteiger partial charge in [0.05, 0.1) is 12.7 Å². The zero-order chi connectivity index (χ0) is 15.9. The summed E-state index contributed by atoms with van der Waals surface area (Å²) < 4.78 is 5.01. The van der Waals surface area contributed by atoms with Gasteiger partial charge < -0.3 is 14.8 Å². The molecule has 22 heavy (non-hydrogen) atoms. The number of benzene rings is 1. The summed E-state index contributed by atoms with van der Waals surface area (Å²) in [6.07, 6.45) is 3.18. The van der Waals surface area contributed by atoms with Crippen LogP contribution in [0.5, 0.6) is 0 Å². The fraction of sp³-hybridized carbons (Fsp3) is 0.133. The predicted octanol–water partition coefficient (Wildman–Crippen LogP) is 2.08. The average Bonchev–Trinajstić information content (AvgIpc) is 3.00. The van der Waals surface area contributed by atoms with Crippen LogP contribution in [0.4, 0.5) is 5.88 Å². The van der Waals surface area contributed by atoms with Crippen molar-refractivity contribution in [3.63, 3.8) is 0 Å². The van der Waals surface area contributed by atoms with Gasteiger partial charge in [-0.2, -0.15) is 0 Å². The first-order valence-electron chi connectivity index (χ1n) is 6.52. The Morgan fingerprint density at radius 1 is 1.27 bits per heavy atom. The van der Waals surface area contributed by atoms with E-state index in [-0.39, 0.29) is 24.9 Å². The van der Waals surface area contributed by atoms with E-state index in [1.165, 1.54) is 12.1 Å². The SMILES string of the molecule is O=C(NCCO)c1ccccc1/C=C/c1ccc([N+](=O)[O-])o1. The van der Waals surface area contributed by atoms with E-state index in [2.05, 4.69) is 5.32 Å². The molecule has 2 aromatic rings. The maximum atomic E-state index is 12.0. The van der Waals surface area contributed by atoms with Crippen LogP contribution in [-0.4, -0.2) is 29.1 Å². The van der Waals surface area contributed by atoms with Gasteiger partial charge in [-0.25, -0.2) is 0 Å². The van der Waals surface area contributed by atoms with E-state index in [4.69, 9.17) is 9.52 Å². The molecule has 0 saturated carbocycles. The Morgan fingerprint density at radius 2 is 2.05 bits per heavy atom. The van der Waals surface area contributed by atoms with Gasteiger partial charge in [0.2, 0.25) is 0 Å². The van der Waals surface area contributed by atoms with Crippen molar-refractivity contribution in [2.75, 3.05) is 13.2 Å². The second kappa shape index (κ2) is 7.19. The van der Waals surface area contributed by atoms with Crippen LogP contribution in [0.25, 0.3) is 12.2 Å². The first-order valence-corrected chi connectivity index (χ1v) is 6.52. The van der Waals surface area contributed by atoms with E-state index in [0.29, 0.717) is 16.9 Å². The Bertz CT molecular complexity index is 705. The topological polar surface area (TPSA) is 106 Å². The fourth-order valence-electron chi connectivity index (χ4n) is 1.82. The smallest absolute Gasteiger partial charge is 0.401 e. The first kappa shape index (κ1) is 15.5. The summed E-state index contributed by atoms with van der Waals surface area (Å²) in [7, 11) is 0. The number of nitrogens with one attached hydrogen (secondary N) is 1. The van der Waals surface area contributed by atoms with Gasteiger partial charge in [0.15, 0.2) is 0 Å². The Labute approximate surface area is 126 Å². The molecule has 0 aliphatic heterocycles. The predicted molar refractivity (Wildman–Crippen MR) is 80.2 cm³/mol. The molecular weight excluding hydrogens is 288 g/mol. The lowest BCUT2D eigenvalue weighted by atomic mass is 10.1. The first-order chi connectivity index (χ1) is 10.6. The molecule has 0 aliphatic carbocycles. The summed E-state index contributed by atoms with van der Waals surface area (Å²) in [5.41, 5.74) is 1.07. The number of hydrogen-bond donors (Lipinski definition) is 2. The Kier molecular flexibility index (Phi) is 5.05. The quantitative estimate of drug-likeness (QED) is 0.627. The lowest BCUT2D eigenvalue weighted by Crippen LogP contribution is -2.26. The van der Waals surface area contributed by atoms with Crippen LogP contribution in [0.3, 0.4) is 0 Å². The number of nitro groups is 1. The van der Waals surface area contributed by atoms with Gasteiger partial charge in [-0.15, -0.1) is 0 Å². The maximum Gasteiger partial charge on any atom is 0.433 e. The normalized spacial score (nSPS) is 10.8. The van der Waals surface area contributed by atoms with Gasteiger partial charge in [0.1, 0.15) is 10.7 Å². The summed E-state index contributed by atoms with van der Waals surface area (Å²) in [5.74, 6) is -0.328. The zero-order valence-corrected chi connectivity index (χ0v) is 11.6.